The van der Waals surface area contributed by atoms with Gasteiger partial charge in [0.15, 0.2) is 0 Å². The molecule has 1 aliphatic heterocycles. The smallest absolute Gasteiger partial charge is 0.312 e. The van der Waals surface area contributed by atoms with Crippen molar-refractivity contribution in [2.24, 2.45) is 17.6 Å². The molecule has 1 rings (SSSR count). The summed E-state index contributed by atoms with van der Waals surface area (Å²) in [6, 6.07) is -1.44. The maximum atomic E-state index is 12.5. The molecule has 0 spiro atoms. The second-order valence-electron chi connectivity index (χ2n) is 5.74. The number of nitrogens with zero attached hydrogens (tertiary/aromatic N) is 1. The molecule has 0 aromatic rings. The summed E-state index contributed by atoms with van der Waals surface area (Å²) >= 11 is 0. The number of urea groups is 1. The van der Waals surface area contributed by atoms with E-state index in [1.807, 2.05) is 20.8 Å². The van der Waals surface area contributed by atoms with E-state index in [1.165, 1.54) is 0 Å². The Kier molecular flexibility index (Phi) is 5.60. The number of nitrogens with two attached hydrogens (primary N) is 1. The maximum absolute atomic E-state index is 12.5. The molecule has 3 amide bonds. The van der Waals surface area contributed by atoms with Gasteiger partial charge in [-0.25, -0.2) is 4.79 Å². The standard InChI is InChI=1S/C13H25N3O3/c1-8(2)6-10(15-13(14)19)12(18)16-5-4-9(3)11(16)7-17/h8-11,17H,4-7H2,1-3H3,(H3,14,15,19). The molecule has 0 radical (unpaired) electrons. The van der Waals surface area contributed by atoms with E-state index in [9.17, 15) is 14.7 Å². The van der Waals surface area contributed by atoms with Gasteiger partial charge in [0.25, 0.3) is 0 Å². The third-order valence-electron chi connectivity index (χ3n) is 3.67. The quantitative estimate of drug-likeness (QED) is 0.671. The predicted molar refractivity (Wildman–Crippen MR) is 72.3 cm³/mol. The predicted octanol–water partition coefficient (Wildman–Crippen LogP) is 0.299. The van der Waals surface area contributed by atoms with Crippen molar-refractivity contribution in [3.05, 3.63) is 0 Å². The summed E-state index contributed by atoms with van der Waals surface area (Å²) in [5, 5.41) is 11.9. The molecule has 19 heavy (non-hydrogen) atoms. The van der Waals surface area contributed by atoms with E-state index in [-0.39, 0.29) is 30.4 Å². The van der Waals surface area contributed by atoms with Gasteiger partial charge < -0.3 is 21.1 Å². The molecule has 0 aromatic heterocycles. The third-order valence-corrected chi connectivity index (χ3v) is 3.67. The SMILES string of the molecule is CC(C)CC(NC(N)=O)C(=O)N1CCC(C)C1CO. The minimum absolute atomic E-state index is 0.0438. The molecule has 0 saturated carbocycles. The molecule has 3 unspecified atom stereocenters. The van der Waals surface area contributed by atoms with Gasteiger partial charge in [-0.15, -0.1) is 0 Å². The van der Waals surface area contributed by atoms with E-state index >= 15 is 0 Å². The van der Waals surface area contributed by atoms with Crippen molar-refractivity contribution in [1.82, 2.24) is 10.2 Å². The highest BCUT2D eigenvalue weighted by Crippen LogP contribution is 2.25. The van der Waals surface area contributed by atoms with Crippen LogP contribution in [0.1, 0.15) is 33.6 Å². The fourth-order valence-corrected chi connectivity index (χ4v) is 2.63. The van der Waals surface area contributed by atoms with Crippen molar-refractivity contribution in [2.45, 2.75) is 45.7 Å². The maximum Gasteiger partial charge on any atom is 0.312 e. The Balaban J connectivity index is 2.77. The summed E-state index contributed by atoms with van der Waals surface area (Å²) < 4.78 is 0. The molecule has 0 aromatic carbocycles. The average molecular weight is 271 g/mol. The van der Waals surface area contributed by atoms with Crippen molar-refractivity contribution in [3.8, 4) is 0 Å². The monoisotopic (exact) mass is 271 g/mol. The van der Waals surface area contributed by atoms with Gasteiger partial charge in [0.05, 0.1) is 12.6 Å². The number of aliphatic hydroxyl groups excluding tert-OH is 1. The number of hydrogen-bond acceptors (Lipinski definition) is 3. The Morgan fingerprint density at radius 2 is 2.11 bits per heavy atom. The van der Waals surface area contributed by atoms with Crippen LogP contribution < -0.4 is 11.1 Å². The van der Waals surface area contributed by atoms with Gasteiger partial charge in [0.2, 0.25) is 5.91 Å². The zero-order valence-corrected chi connectivity index (χ0v) is 11.9. The highest BCUT2D eigenvalue weighted by Gasteiger charge is 2.37. The summed E-state index contributed by atoms with van der Waals surface area (Å²) in [5.74, 6) is 0.409. The first kappa shape index (κ1) is 15.8. The Bertz CT molecular complexity index is 333. The number of nitrogens with one attached hydrogen (secondary N) is 1. The number of aliphatic hydroxyl groups is 1. The summed E-state index contributed by atoms with van der Waals surface area (Å²) in [7, 11) is 0. The van der Waals surface area contributed by atoms with Crippen LogP contribution in [0.3, 0.4) is 0 Å². The summed E-state index contributed by atoms with van der Waals surface area (Å²) in [6.45, 7) is 6.57. The van der Waals surface area contributed by atoms with Crippen molar-refractivity contribution in [2.75, 3.05) is 13.2 Å². The van der Waals surface area contributed by atoms with Crippen LogP contribution in [-0.4, -0.2) is 47.2 Å². The van der Waals surface area contributed by atoms with E-state index in [4.69, 9.17) is 5.73 Å². The first-order valence-electron chi connectivity index (χ1n) is 6.84. The first-order valence-corrected chi connectivity index (χ1v) is 6.84. The van der Waals surface area contributed by atoms with Gasteiger partial charge in [0.1, 0.15) is 6.04 Å². The topological polar surface area (TPSA) is 95.7 Å². The highest BCUT2D eigenvalue weighted by molar-refractivity contribution is 5.87. The molecule has 6 heteroatoms. The zero-order chi connectivity index (χ0) is 14.6. The zero-order valence-electron chi connectivity index (χ0n) is 11.9. The van der Waals surface area contributed by atoms with E-state index in [2.05, 4.69) is 5.32 Å². The lowest BCUT2D eigenvalue weighted by Crippen LogP contribution is -2.53. The molecule has 110 valence electrons. The first-order chi connectivity index (χ1) is 8.86. The van der Waals surface area contributed by atoms with Gasteiger partial charge in [-0.3, -0.25) is 4.79 Å². The number of rotatable bonds is 5. The normalized spacial score (nSPS) is 24.6. The molecule has 4 N–H and O–H groups in total. The van der Waals surface area contributed by atoms with E-state index in [0.717, 1.165) is 6.42 Å². The molecule has 1 aliphatic rings. The minimum atomic E-state index is -0.688. The largest absolute Gasteiger partial charge is 0.394 e. The molecular formula is C13H25N3O3. The molecule has 6 nitrogen and oxygen atoms in total. The van der Waals surface area contributed by atoms with Crippen LogP contribution in [0, 0.1) is 11.8 Å². The van der Waals surface area contributed by atoms with Crippen LogP contribution >= 0.6 is 0 Å². The number of amides is 3. The van der Waals surface area contributed by atoms with Crippen molar-refractivity contribution in [3.63, 3.8) is 0 Å². The van der Waals surface area contributed by atoms with Gasteiger partial charge in [0, 0.05) is 6.54 Å². The van der Waals surface area contributed by atoms with Gasteiger partial charge >= 0.3 is 6.03 Å². The molecule has 1 saturated heterocycles. The number of carbonyl (C=O) groups is 2. The van der Waals surface area contributed by atoms with Crippen LogP contribution in [0.2, 0.25) is 0 Å². The Hall–Kier alpha value is -1.30. The van der Waals surface area contributed by atoms with Gasteiger partial charge in [-0.2, -0.15) is 0 Å². The fraction of sp³-hybridized carbons (Fsp3) is 0.846. The van der Waals surface area contributed by atoms with E-state index < -0.39 is 12.1 Å². The molecular weight excluding hydrogens is 246 g/mol. The summed E-state index contributed by atoms with van der Waals surface area (Å²) in [6.07, 6.45) is 1.42. The molecule has 1 fully saturated rings. The van der Waals surface area contributed by atoms with Crippen molar-refractivity contribution < 1.29 is 14.7 Å². The molecule has 1 heterocycles. The van der Waals surface area contributed by atoms with Crippen LogP contribution in [-0.2, 0) is 4.79 Å². The van der Waals surface area contributed by atoms with Crippen LogP contribution in [0.4, 0.5) is 4.79 Å². The summed E-state index contributed by atoms with van der Waals surface area (Å²) in [4.78, 5) is 25.2. The average Bonchev–Trinajstić information content (AvgIpc) is 2.67. The Morgan fingerprint density at radius 1 is 1.47 bits per heavy atom. The van der Waals surface area contributed by atoms with E-state index in [1.54, 1.807) is 4.90 Å². The molecule has 3 atom stereocenters. The van der Waals surface area contributed by atoms with Crippen molar-refractivity contribution >= 4 is 11.9 Å². The highest BCUT2D eigenvalue weighted by atomic mass is 16.3. The Morgan fingerprint density at radius 3 is 2.58 bits per heavy atom. The summed E-state index contributed by atoms with van der Waals surface area (Å²) in [5.41, 5.74) is 5.13. The second-order valence-corrected chi connectivity index (χ2v) is 5.74. The van der Waals surface area contributed by atoms with E-state index in [0.29, 0.717) is 13.0 Å². The lowest BCUT2D eigenvalue weighted by atomic mass is 10.0. The number of hydrogen-bond donors (Lipinski definition) is 3. The van der Waals surface area contributed by atoms with Crippen molar-refractivity contribution in [1.29, 1.82) is 0 Å². The number of carbonyl (C=O) groups excluding carboxylic acids is 2. The number of likely N-dealkylation sites (tertiary alicyclic amines) is 1. The van der Waals surface area contributed by atoms with Crippen LogP contribution in [0.5, 0.6) is 0 Å². The van der Waals surface area contributed by atoms with Gasteiger partial charge in [-0.1, -0.05) is 20.8 Å². The Labute approximate surface area is 114 Å². The number of primary amides is 1. The van der Waals surface area contributed by atoms with Crippen LogP contribution in [0.25, 0.3) is 0 Å². The van der Waals surface area contributed by atoms with Crippen LogP contribution in [0.15, 0.2) is 0 Å². The fourth-order valence-electron chi connectivity index (χ4n) is 2.63. The lowest BCUT2D eigenvalue weighted by Gasteiger charge is -2.30. The molecule has 0 aliphatic carbocycles. The third kappa shape index (κ3) is 4.09. The lowest BCUT2D eigenvalue weighted by molar-refractivity contribution is -0.135. The second kappa shape index (κ2) is 6.75. The minimum Gasteiger partial charge on any atom is -0.394 e. The van der Waals surface area contributed by atoms with Gasteiger partial charge in [-0.05, 0) is 24.7 Å². The molecule has 0 bridgehead atoms.